The van der Waals surface area contributed by atoms with E-state index in [0.29, 0.717) is 12.3 Å². The molecule has 0 radical (unpaired) electrons. The summed E-state index contributed by atoms with van der Waals surface area (Å²) in [4.78, 5) is 12.8. The molecule has 9 heteroatoms. The molecule has 0 amide bonds. The summed E-state index contributed by atoms with van der Waals surface area (Å²) in [7, 11) is -1.89. The largest absolute Gasteiger partial charge is 0.339 e. The first-order valence-electron chi connectivity index (χ1n) is 7.85. The molecule has 1 aliphatic heterocycles. The summed E-state index contributed by atoms with van der Waals surface area (Å²) in [5, 5.41) is 0.0822. The standard InChI is InChI=1S/C15H18N6O2S/c1-19-10-14(17-11-19)24(22,23)21-7-3-2-4-13(21)12-5-8-20-9-6-16-15(20)18-12/h5-6,8-11,13H,2-4,7H2,1H3/t13-/m1/s1. The van der Waals surface area contributed by atoms with Gasteiger partial charge in [0.1, 0.15) is 0 Å². The first-order valence-corrected chi connectivity index (χ1v) is 9.29. The first-order chi connectivity index (χ1) is 11.6. The van der Waals surface area contributed by atoms with Crippen LogP contribution in [0.4, 0.5) is 0 Å². The van der Waals surface area contributed by atoms with Crippen molar-refractivity contribution in [1.29, 1.82) is 0 Å². The highest BCUT2D eigenvalue weighted by Crippen LogP contribution is 2.34. The monoisotopic (exact) mass is 346 g/mol. The number of rotatable bonds is 3. The van der Waals surface area contributed by atoms with Crippen molar-refractivity contribution in [3.05, 3.63) is 42.9 Å². The van der Waals surface area contributed by atoms with Crippen LogP contribution in [0.1, 0.15) is 31.0 Å². The van der Waals surface area contributed by atoms with Crippen molar-refractivity contribution in [3.8, 4) is 0 Å². The van der Waals surface area contributed by atoms with Gasteiger partial charge in [-0.15, -0.1) is 0 Å². The van der Waals surface area contributed by atoms with E-state index in [1.807, 2.05) is 22.9 Å². The predicted octanol–water partition coefficient (Wildman–Crippen LogP) is 1.38. The van der Waals surface area contributed by atoms with Crippen LogP contribution in [-0.2, 0) is 17.1 Å². The number of aryl methyl sites for hydroxylation is 1. The average Bonchev–Trinajstić information content (AvgIpc) is 3.23. The molecule has 0 bridgehead atoms. The van der Waals surface area contributed by atoms with Crippen LogP contribution in [0.25, 0.3) is 5.78 Å². The van der Waals surface area contributed by atoms with E-state index in [9.17, 15) is 8.42 Å². The summed E-state index contributed by atoms with van der Waals surface area (Å²) in [5.41, 5.74) is 0.730. The average molecular weight is 346 g/mol. The number of hydrogen-bond donors (Lipinski definition) is 0. The highest BCUT2D eigenvalue weighted by molar-refractivity contribution is 7.89. The van der Waals surface area contributed by atoms with Gasteiger partial charge in [-0.05, 0) is 18.9 Å². The minimum absolute atomic E-state index is 0.0822. The Kier molecular flexibility index (Phi) is 3.61. The van der Waals surface area contributed by atoms with Crippen LogP contribution in [0.3, 0.4) is 0 Å². The lowest BCUT2D eigenvalue weighted by atomic mass is 10.0. The molecule has 0 N–H and O–H groups in total. The second kappa shape index (κ2) is 5.67. The molecule has 0 aliphatic carbocycles. The van der Waals surface area contributed by atoms with Gasteiger partial charge in [0.25, 0.3) is 10.0 Å². The van der Waals surface area contributed by atoms with Gasteiger partial charge in [-0.1, -0.05) is 6.42 Å². The molecular weight excluding hydrogens is 328 g/mol. The quantitative estimate of drug-likeness (QED) is 0.715. The van der Waals surface area contributed by atoms with Crippen LogP contribution in [-0.4, -0.2) is 43.2 Å². The second-order valence-corrected chi connectivity index (χ2v) is 7.83. The van der Waals surface area contributed by atoms with E-state index in [4.69, 9.17) is 0 Å². The van der Waals surface area contributed by atoms with Crippen LogP contribution in [0.5, 0.6) is 0 Å². The van der Waals surface area contributed by atoms with Crippen LogP contribution in [0, 0.1) is 0 Å². The Labute approximate surface area is 139 Å². The molecule has 0 unspecified atom stereocenters. The van der Waals surface area contributed by atoms with Gasteiger partial charge in [0.05, 0.1) is 18.1 Å². The number of sulfonamides is 1. The molecule has 0 aromatic carbocycles. The SMILES string of the molecule is Cn1cnc(S(=O)(=O)N2CCCC[C@@H]2c2ccn3ccnc3n2)c1. The zero-order chi connectivity index (χ0) is 16.7. The van der Waals surface area contributed by atoms with Gasteiger partial charge in [0.2, 0.25) is 5.78 Å². The van der Waals surface area contributed by atoms with Crippen molar-refractivity contribution < 1.29 is 8.42 Å². The van der Waals surface area contributed by atoms with Gasteiger partial charge >= 0.3 is 0 Å². The van der Waals surface area contributed by atoms with Gasteiger partial charge in [-0.25, -0.2) is 23.4 Å². The first kappa shape index (κ1) is 15.3. The van der Waals surface area contributed by atoms with Crippen LogP contribution in [0.15, 0.2) is 42.2 Å². The zero-order valence-corrected chi connectivity index (χ0v) is 14.1. The van der Waals surface area contributed by atoms with Crippen LogP contribution < -0.4 is 0 Å². The lowest BCUT2D eigenvalue weighted by Crippen LogP contribution is -2.39. The normalized spacial score (nSPS) is 19.8. The fourth-order valence-electron chi connectivity index (χ4n) is 3.13. The summed E-state index contributed by atoms with van der Waals surface area (Å²) in [6, 6.07) is 1.58. The number of hydrogen-bond acceptors (Lipinski definition) is 5. The highest BCUT2D eigenvalue weighted by atomic mass is 32.2. The summed E-state index contributed by atoms with van der Waals surface area (Å²) in [5.74, 6) is 0.577. The Morgan fingerprint density at radius 1 is 1.21 bits per heavy atom. The third-order valence-corrected chi connectivity index (χ3v) is 6.13. The third-order valence-electron chi connectivity index (χ3n) is 4.33. The molecule has 3 aromatic rings. The fraction of sp³-hybridized carbons (Fsp3) is 0.400. The maximum Gasteiger partial charge on any atom is 0.262 e. The minimum atomic E-state index is -3.64. The number of piperidine rings is 1. The van der Waals surface area contributed by atoms with Gasteiger partial charge in [-0.3, -0.25) is 4.40 Å². The van der Waals surface area contributed by atoms with Gasteiger partial charge in [0, 0.05) is 38.4 Å². The molecule has 0 saturated carbocycles. The maximum absolute atomic E-state index is 13.0. The molecule has 3 aromatic heterocycles. The zero-order valence-electron chi connectivity index (χ0n) is 13.3. The molecule has 4 heterocycles. The van der Waals surface area contributed by atoms with Gasteiger partial charge < -0.3 is 4.57 Å². The van der Waals surface area contributed by atoms with Crippen molar-refractivity contribution in [2.24, 2.45) is 7.05 Å². The van der Waals surface area contributed by atoms with Crippen molar-refractivity contribution >= 4 is 15.8 Å². The van der Waals surface area contributed by atoms with E-state index in [0.717, 1.165) is 25.0 Å². The van der Waals surface area contributed by atoms with Crippen LogP contribution in [0.2, 0.25) is 0 Å². The molecular formula is C15H18N6O2S. The topological polar surface area (TPSA) is 85.4 Å². The fourth-order valence-corrected chi connectivity index (χ4v) is 4.77. The Balaban J connectivity index is 1.75. The van der Waals surface area contributed by atoms with Crippen LogP contribution >= 0.6 is 0 Å². The number of imidazole rings is 2. The Morgan fingerprint density at radius 3 is 2.88 bits per heavy atom. The minimum Gasteiger partial charge on any atom is -0.339 e. The van der Waals surface area contributed by atoms with Crippen molar-refractivity contribution in [1.82, 2.24) is 28.2 Å². The van der Waals surface area contributed by atoms with E-state index in [2.05, 4.69) is 15.0 Å². The molecule has 8 nitrogen and oxygen atoms in total. The van der Waals surface area contributed by atoms with Gasteiger partial charge in [0.15, 0.2) is 5.03 Å². The van der Waals surface area contributed by atoms with E-state index in [1.165, 1.54) is 16.8 Å². The summed E-state index contributed by atoms with van der Waals surface area (Å²) in [6.45, 7) is 0.477. The smallest absolute Gasteiger partial charge is 0.262 e. The van der Waals surface area contributed by atoms with Gasteiger partial charge in [-0.2, -0.15) is 4.31 Å². The highest BCUT2D eigenvalue weighted by Gasteiger charge is 2.36. The lowest BCUT2D eigenvalue weighted by molar-refractivity contribution is 0.251. The van der Waals surface area contributed by atoms with Crippen molar-refractivity contribution in [2.75, 3.05) is 6.54 Å². The summed E-state index contributed by atoms with van der Waals surface area (Å²) in [6.07, 6.45) is 11.0. The maximum atomic E-state index is 13.0. The molecule has 126 valence electrons. The predicted molar refractivity (Wildman–Crippen MR) is 86.7 cm³/mol. The summed E-state index contributed by atoms with van der Waals surface area (Å²) < 4.78 is 31.0. The lowest BCUT2D eigenvalue weighted by Gasteiger charge is -2.33. The Hall–Kier alpha value is -2.26. The van der Waals surface area contributed by atoms with Crippen molar-refractivity contribution in [3.63, 3.8) is 0 Å². The van der Waals surface area contributed by atoms with E-state index in [-0.39, 0.29) is 11.1 Å². The van der Waals surface area contributed by atoms with E-state index in [1.54, 1.807) is 17.8 Å². The molecule has 24 heavy (non-hydrogen) atoms. The molecule has 1 saturated heterocycles. The second-order valence-electron chi connectivity index (χ2n) is 5.99. The molecule has 1 fully saturated rings. The molecule has 0 spiro atoms. The molecule has 1 aliphatic rings. The Bertz CT molecular complexity index is 977. The molecule has 4 rings (SSSR count). The summed E-state index contributed by atoms with van der Waals surface area (Å²) >= 11 is 0. The molecule has 1 atom stereocenters. The van der Waals surface area contributed by atoms with Crippen molar-refractivity contribution in [2.45, 2.75) is 30.3 Å². The number of aromatic nitrogens is 5. The van der Waals surface area contributed by atoms with E-state index >= 15 is 0 Å². The number of nitrogens with zero attached hydrogens (tertiary/aromatic N) is 6. The Morgan fingerprint density at radius 2 is 2.08 bits per heavy atom. The third kappa shape index (κ3) is 2.49. The number of fused-ring (bicyclic) bond motifs is 1. The van der Waals surface area contributed by atoms with E-state index < -0.39 is 10.0 Å².